The Morgan fingerprint density at radius 1 is 1.05 bits per heavy atom. The maximum atomic E-state index is 13.8. The van der Waals surface area contributed by atoms with Gasteiger partial charge in [-0.05, 0) is 12.1 Å². The molecule has 1 rings (SSSR count). The van der Waals surface area contributed by atoms with Crippen LogP contribution in [0.15, 0.2) is 12.1 Å². The Hall–Kier alpha value is -1.66. The molecule has 0 saturated carbocycles. The van der Waals surface area contributed by atoms with E-state index in [-0.39, 0.29) is 30.3 Å². The van der Waals surface area contributed by atoms with Crippen molar-refractivity contribution in [3.63, 3.8) is 0 Å². The van der Waals surface area contributed by atoms with Gasteiger partial charge in [-0.3, -0.25) is 4.79 Å². The van der Waals surface area contributed by atoms with Crippen molar-refractivity contribution >= 4 is 6.29 Å². The third-order valence-electron chi connectivity index (χ3n) is 2.25. The van der Waals surface area contributed by atoms with Crippen molar-refractivity contribution in [1.82, 2.24) is 0 Å². The summed E-state index contributed by atoms with van der Waals surface area (Å²) in [6, 6.07) is 2.52. The fourth-order valence-corrected chi connectivity index (χ4v) is 1.37. The van der Waals surface area contributed by atoms with Gasteiger partial charge in [0.25, 0.3) is 0 Å². The fourth-order valence-electron chi connectivity index (χ4n) is 1.37. The second kappa shape index (κ2) is 8.44. The van der Waals surface area contributed by atoms with Gasteiger partial charge in [-0.1, -0.05) is 0 Å². The van der Waals surface area contributed by atoms with Crippen LogP contribution in [0.5, 0.6) is 11.5 Å². The van der Waals surface area contributed by atoms with Gasteiger partial charge >= 0.3 is 0 Å². The van der Waals surface area contributed by atoms with Crippen LogP contribution >= 0.6 is 0 Å². The number of rotatable bonds is 9. The number of carbonyl (C=O) groups is 1. The minimum absolute atomic E-state index is 0.0289. The number of benzene rings is 1. The van der Waals surface area contributed by atoms with Crippen molar-refractivity contribution in [2.24, 2.45) is 0 Å². The van der Waals surface area contributed by atoms with Gasteiger partial charge in [0.15, 0.2) is 17.3 Å². The molecule has 0 unspecified atom stereocenters. The quantitative estimate of drug-likeness (QED) is 0.506. The summed E-state index contributed by atoms with van der Waals surface area (Å²) in [5, 5.41) is 0. The van der Waals surface area contributed by atoms with Crippen LogP contribution in [-0.4, -0.2) is 46.9 Å². The van der Waals surface area contributed by atoms with E-state index in [1.807, 2.05) is 0 Å². The minimum Gasteiger partial charge on any atom is -0.487 e. The molecule has 0 aliphatic heterocycles. The first-order chi connectivity index (χ1) is 9.22. The maximum Gasteiger partial charge on any atom is 0.197 e. The van der Waals surface area contributed by atoms with E-state index in [1.54, 1.807) is 0 Å². The van der Waals surface area contributed by atoms with E-state index in [0.717, 1.165) is 6.07 Å². The van der Waals surface area contributed by atoms with E-state index in [0.29, 0.717) is 19.5 Å². The van der Waals surface area contributed by atoms with E-state index in [4.69, 9.17) is 18.9 Å². The number of carbonyl (C=O) groups excluding carboxylic acids is 1. The summed E-state index contributed by atoms with van der Waals surface area (Å²) < 4.78 is 34.1. The van der Waals surface area contributed by atoms with Crippen LogP contribution < -0.4 is 9.47 Å². The lowest BCUT2D eigenvalue weighted by molar-refractivity contribution is 0.112. The van der Waals surface area contributed by atoms with Crippen LogP contribution in [0.2, 0.25) is 0 Å². The molecule has 0 amide bonds. The van der Waals surface area contributed by atoms with Crippen molar-refractivity contribution in [3.05, 3.63) is 23.5 Å². The Labute approximate surface area is 111 Å². The molecule has 0 heterocycles. The first-order valence-corrected chi connectivity index (χ1v) is 5.75. The number of ether oxygens (including phenoxy) is 4. The number of hydrogen-bond acceptors (Lipinski definition) is 5. The second-order valence-corrected chi connectivity index (χ2v) is 3.63. The number of methoxy groups -OCH3 is 2. The highest BCUT2D eigenvalue weighted by Gasteiger charge is 2.14. The van der Waals surface area contributed by atoms with Gasteiger partial charge in [0.05, 0.1) is 13.2 Å². The molecular weight excluding hydrogens is 255 g/mol. The van der Waals surface area contributed by atoms with Gasteiger partial charge in [0.2, 0.25) is 0 Å². The highest BCUT2D eigenvalue weighted by Crippen LogP contribution is 2.31. The minimum atomic E-state index is -0.645. The molecule has 0 aliphatic rings. The van der Waals surface area contributed by atoms with Crippen molar-refractivity contribution in [1.29, 1.82) is 0 Å². The second-order valence-electron chi connectivity index (χ2n) is 3.63. The molecule has 0 atom stereocenters. The Kier molecular flexibility index (Phi) is 6.84. The Balaban J connectivity index is 2.86. The number of halogens is 1. The van der Waals surface area contributed by atoms with Crippen LogP contribution in [0.3, 0.4) is 0 Å². The van der Waals surface area contributed by atoms with Crippen LogP contribution in [0.1, 0.15) is 10.4 Å². The molecule has 19 heavy (non-hydrogen) atoms. The highest BCUT2D eigenvalue weighted by molar-refractivity contribution is 5.76. The lowest BCUT2D eigenvalue weighted by atomic mass is 10.2. The molecule has 0 radical (unpaired) electrons. The molecule has 0 fully saturated rings. The van der Waals surface area contributed by atoms with E-state index in [9.17, 15) is 9.18 Å². The third kappa shape index (κ3) is 4.84. The van der Waals surface area contributed by atoms with E-state index in [1.165, 1.54) is 20.3 Å². The zero-order valence-corrected chi connectivity index (χ0v) is 11.0. The zero-order chi connectivity index (χ0) is 14.1. The Morgan fingerprint density at radius 3 is 2.26 bits per heavy atom. The molecule has 6 heteroatoms. The zero-order valence-electron chi connectivity index (χ0n) is 11.0. The summed E-state index contributed by atoms with van der Waals surface area (Å²) in [5.41, 5.74) is 0.184. The van der Waals surface area contributed by atoms with E-state index < -0.39 is 5.82 Å². The molecule has 1 aromatic carbocycles. The molecular formula is C13H17FO5. The van der Waals surface area contributed by atoms with Crippen LogP contribution in [0.25, 0.3) is 0 Å². The third-order valence-corrected chi connectivity index (χ3v) is 2.25. The van der Waals surface area contributed by atoms with Crippen molar-refractivity contribution in [2.45, 2.75) is 0 Å². The predicted molar refractivity (Wildman–Crippen MR) is 66.5 cm³/mol. The van der Waals surface area contributed by atoms with Gasteiger partial charge < -0.3 is 18.9 Å². The predicted octanol–water partition coefficient (Wildman–Crippen LogP) is 1.69. The molecule has 0 N–H and O–H groups in total. The van der Waals surface area contributed by atoms with Crippen molar-refractivity contribution in [2.75, 3.05) is 40.6 Å². The normalized spacial score (nSPS) is 10.3. The summed E-state index contributed by atoms with van der Waals surface area (Å²) in [6.45, 7) is 1.10. The Bertz CT molecular complexity index is 408. The molecule has 106 valence electrons. The summed E-state index contributed by atoms with van der Waals surface area (Å²) in [5.74, 6) is -0.498. The first kappa shape index (κ1) is 15.4. The molecule has 1 aromatic rings. The lowest BCUT2D eigenvalue weighted by Gasteiger charge is -2.13. The highest BCUT2D eigenvalue weighted by atomic mass is 19.1. The van der Waals surface area contributed by atoms with E-state index >= 15 is 0 Å². The van der Waals surface area contributed by atoms with Gasteiger partial charge in [0.1, 0.15) is 19.5 Å². The van der Waals surface area contributed by atoms with Crippen LogP contribution in [-0.2, 0) is 9.47 Å². The van der Waals surface area contributed by atoms with Gasteiger partial charge in [-0.2, -0.15) is 0 Å². The smallest absolute Gasteiger partial charge is 0.197 e. The van der Waals surface area contributed by atoms with Crippen LogP contribution in [0.4, 0.5) is 4.39 Å². The Morgan fingerprint density at radius 2 is 1.68 bits per heavy atom. The molecule has 0 saturated heterocycles. The topological polar surface area (TPSA) is 54.0 Å². The summed E-state index contributed by atoms with van der Waals surface area (Å²) in [4.78, 5) is 10.7. The number of aldehydes is 1. The van der Waals surface area contributed by atoms with Crippen molar-refractivity contribution < 1.29 is 28.1 Å². The van der Waals surface area contributed by atoms with E-state index in [2.05, 4.69) is 0 Å². The van der Waals surface area contributed by atoms with Gasteiger partial charge in [0, 0.05) is 19.8 Å². The molecule has 5 nitrogen and oxygen atoms in total. The standard InChI is InChI=1S/C13H17FO5/c1-16-3-5-18-12-8-10(9-15)7-11(14)13(12)19-6-4-17-2/h7-9H,3-6H2,1-2H3. The van der Waals surface area contributed by atoms with Gasteiger partial charge in [-0.15, -0.1) is 0 Å². The monoisotopic (exact) mass is 272 g/mol. The maximum absolute atomic E-state index is 13.8. The molecule has 0 aliphatic carbocycles. The summed E-state index contributed by atoms with van der Waals surface area (Å²) >= 11 is 0. The largest absolute Gasteiger partial charge is 0.487 e. The molecule has 0 spiro atoms. The summed E-state index contributed by atoms with van der Waals surface area (Å²) in [7, 11) is 3.05. The van der Waals surface area contributed by atoms with Crippen molar-refractivity contribution in [3.8, 4) is 11.5 Å². The SMILES string of the molecule is COCCOc1cc(C=O)cc(F)c1OCCOC. The number of hydrogen-bond donors (Lipinski definition) is 0. The lowest BCUT2D eigenvalue weighted by Crippen LogP contribution is -2.10. The average molecular weight is 272 g/mol. The first-order valence-electron chi connectivity index (χ1n) is 5.75. The molecule has 0 aromatic heterocycles. The molecule has 0 bridgehead atoms. The summed E-state index contributed by atoms with van der Waals surface area (Å²) in [6.07, 6.45) is 0.547. The fraction of sp³-hybridized carbons (Fsp3) is 0.462. The van der Waals surface area contributed by atoms with Crippen LogP contribution in [0, 0.1) is 5.82 Å². The average Bonchev–Trinajstić information content (AvgIpc) is 2.41. The van der Waals surface area contributed by atoms with Gasteiger partial charge in [-0.25, -0.2) is 4.39 Å².